The maximum Gasteiger partial charge on any atom is 0.250 e. The summed E-state index contributed by atoms with van der Waals surface area (Å²) in [5, 5.41) is 1.19. The Kier molecular flexibility index (Phi) is 1.36. The Hall–Kier alpha value is -1.90. The van der Waals surface area contributed by atoms with E-state index in [0.29, 0.717) is 0 Å². The highest BCUT2D eigenvalue weighted by Crippen LogP contribution is 2.15. The normalized spacial score (nSPS) is 11.2. The van der Waals surface area contributed by atoms with E-state index in [1.54, 1.807) is 0 Å². The van der Waals surface area contributed by atoms with Crippen molar-refractivity contribution in [1.29, 1.82) is 0 Å². The standard InChI is InChI=1S/C11H10N3/c1-13-6-11-9-4-2-3-5-10(9)12-7-14(11)8-13/h2-8H,1H3/q+1. The third kappa shape index (κ3) is 0.923. The van der Waals surface area contributed by atoms with E-state index in [0.717, 1.165) is 5.52 Å². The Morgan fingerprint density at radius 1 is 1.29 bits per heavy atom. The van der Waals surface area contributed by atoms with Crippen molar-refractivity contribution in [3.05, 3.63) is 43.1 Å². The zero-order chi connectivity index (χ0) is 9.54. The summed E-state index contributed by atoms with van der Waals surface area (Å²) >= 11 is 0. The summed E-state index contributed by atoms with van der Waals surface area (Å²) in [6.07, 6.45) is 5.95. The van der Waals surface area contributed by atoms with Gasteiger partial charge in [-0.15, -0.1) is 0 Å². The fourth-order valence-corrected chi connectivity index (χ4v) is 1.78. The first-order valence-electron chi connectivity index (χ1n) is 4.55. The van der Waals surface area contributed by atoms with Gasteiger partial charge in [0.2, 0.25) is 6.33 Å². The lowest BCUT2D eigenvalue weighted by Crippen LogP contribution is -2.23. The van der Waals surface area contributed by atoms with Crippen LogP contribution in [0, 0.1) is 0 Å². The second-order valence-electron chi connectivity index (χ2n) is 3.46. The van der Waals surface area contributed by atoms with Crippen LogP contribution in [0.3, 0.4) is 0 Å². The van der Waals surface area contributed by atoms with E-state index in [1.807, 2.05) is 46.9 Å². The molecule has 0 amide bonds. The van der Waals surface area contributed by atoms with Gasteiger partial charge in [0.1, 0.15) is 6.20 Å². The second-order valence-corrected chi connectivity index (χ2v) is 3.46. The number of hydrogen-bond acceptors (Lipinski definition) is 1. The minimum atomic E-state index is 1.04. The lowest BCUT2D eigenvalue weighted by Gasteiger charge is -1.93. The number of rotatable bonds is 0. The molecule has 0 unspecified atom stereocenters. The van der Waals surface area contributed by atoms with Gasteiger partial charge >= 0.3 is 0 Å². The van der Waals surface area contributed by atoms with Crippen LogP contribution in [0.15, 0.2) is 43.1 Å². The van der Waals surface area contributed by atoms with E-state index < -0.39 is 0 Å². The summed E-state index contributed by atoms with van der Waals surface area (Å²) in [7, 11) is 2.02. The molecule has 3 heteroatoms. The molecular weight excluding hydrogens is 174 g/mol. The van der Waals surface area contributed by atoms with E-state index in [-0.39, 0.29) is 0 Å². The van der Waals surface area contributed by atoms with Crippen molar-refractivity contribution in [2.45, 2.75) is 0 Å². The molecule has 14 heavy (non-hydrogen) atoms. The number of nitrogens with zero attached hydrogens (tertiary/aromatic N) is 3. The van der Waals surface area contributed by atoms with Crippen LogP contribution in [0.4, 0.5) is 0 Å². The van der Waals surface area contributed by atoms with Crippen molar-refractivity contribution in [3.63, 3.8) is 0 Å². The number of fused-ring (bicyclic) bond motifs is 3. The Morgan fingerprint density at radius 2 is 2.14 bits per heavy atom. The van der Waals surface area contributed by atoms with Crippen LogP contribution in [0.1, 0.15) is 0 Å². The first-order valence-corrected chi connectivity index (χ1v) is 4.55. The van der Waals surface area contributed by atoms with Gasteiger partial charge in [-0.25, -0.2) is 9.55 Å². The molecule has 0 spiro atoms. The van der Waals surface area contributed by atoms with Gasteiger partial charge in [0.25, 0.3) is 0 Å². The minimum Gasteiger partial charge on any atom is -0.238 e. The SMILES string of the molecule is C[n+]1cc2c3ccccc3ncn2c1. The molecule has 1 aromatic carbocycles. The molecular formula is C11H10N3+. The van der Waals surface area contributed by atoms with Crippen LogP contribution in [0.2, 0.25) is 0 Å². The fraction of sp³-hybridized carbons (Fsp3) is 0.0909. The maximum absolute atomic E-state index is 4.37. The first kappa shape index (κ1) is 7.50. The van der Waals surface area contributed by atoms with Gasteiger partial charge < -0.3 is 0 Å². The number of benzene rings is 1. The maximum atomic E-state index is 4.37. The molecule has 68 valence electrons. The molecule has 0 aliphatic carbocycles. The Labute approximate surface area is 81.2 Å². The van der Waals surface area contributed by atoms with Crippen LogP contribution in [0.25, 0.3) is 16.4 Å². The third-order valence-corrected chi connectivity index (χ3v) is 2.41. The third-order valence-electron chi connectivity index (χ3n) is 2.41. The highest BCUT2D eigenvalue weighted by Gasteiger charge is 2.07. The van der Waals surface area contributed by atoms with Gasteiger partial charge in [-0.2, -0.15) is 4.40 Å². The van der Waals surface area contributed by atoms with Crippen molar-refractivity contribution in [2.24, 2.45) is 7.05 Å². The molecule has 0 aliphatic rings. The van der Waals surface area contributed by atoms with Crippen LogP contribution in [-0.2, 0) is 7.05 Å². The number of para-hydroxylation sites is 1. The van der Waals surface area contributed by atoms with E-state index in [1.165, 1.54) is 10.9 Å². The number of imidazole rings is 1. The quantitative estimate of drug-likeness (QED) is 0.483. The van der Waals surface area contributed by atoms with Crippen LogP contribution < -0.4 is 4.57 Å². The molecule has 0 bridgehead atoms. The van der Waals surface area contributed by atoms with Crippen molar-refractivity contribution in [1.82, 2.24) is 9.38 Å². The highest BCUT2D eigenvalue weighted by atomic mass is 15.1. The lowest BCUT2D eigenvalue weighted by molar-refractivity contribution is -0.670. The van der Waals surface area contributed by atoms with Crippen LogP contribution in [-0.4, -0.2) is 9.38 Å². The van der Waals surface area contributed by atoms with Crippen molar-refractivity contribution in [3.8, 4) is 0 Å². The predicted octanol–water partition coefficient (Wildman–Crippen LogP) is 1.31. The van der Waals surface area contributed by atoms with E-state index in [2.05, 4.69) is 17.2 Å². The van der Waals surface area contributed by atoms with Gasteiger partial charge in [0, 0.05) is 0 Å². The van der Waals surface area contributed by atoms with E-state index in [4.69, 9.17) is 0 Å². The molecule has 2 aromatic heterocycles. The highest BCUT2D eigenvalue weighted by molar-refractivity contribution is 5.92. The molecule has 3 aromatic rings. The number of aromatic nitrogens is 3. The lowest BCUT2D eigenvalue weighted by atomic mass is 10.2. The van der Waals surface area contributed by atoms with Crippen molar-refractivity contribution < 1.29 is 4.57 Å². The molecule has 2 heterocycles. The topological polar surface area (TPSA) is 21.2 Å². The van der Waals surface area contributed by atoms with Crippen molar-refractivity contribution >= 4 is 16.4 Å². The number of aryl methyl sites for hydroxylation is 1. The molecule has 0 atom stereocenters. The van der Waals surface area contributed by atoms with Crippen LogP contribution >= 0.6 is 0 Å². The summed E-state index contributed by atoms with van der Waals surface area (Å²) in [4.78, 5) is 4.37. The fourth-order valence-electron chi connectivity index (χ4n) is 1.78. The molecule has 0 radical (unpaired) electrons. The average molecular weight is 184 g/mol. The Balaban J connectivity index is 2.60. The molecule has 0 saturated heterocycles. The zero-order valence-electron chi connectivity index (χ0n) is 7.88. The average Bonchev–Trinajstić information content (AvgIpc) is 2.59. The summed E-state index contributed by atoms with van der Waals surface area (Å²) in [6, 6.07) is 8.17. The van der Waals surface area contributed by atoms with Gasteiger partial charge in [-0.1, -0.05) is 12.1 Å². The zero-order valence-corrected chi connectivity index (χ0v) is 7.88. The molecule has 0 saturated carbocycles. The predicted molar refractivity (Wildman–Crippen MR) is 53.9 cm³/mol. The summed E-state index contributed by atoms with van der Waals surface area (Å²) in [6.45, 7) is 0. The number of hydrogen-bond donors (Lipinski definition) is 0. The monoisotopic (exact) mass is 184 g/mol. The largest absolute Gasteiger partial charge is 0.250 e. The molecule has 0 N–H and O–H groups in total. The Morgan fingerprint density at radius 3 is 3.07 bits per heavy atom. The van der Waals surface area contributed by atoms with E-state index >= 15 is 0 Å². The molecule has 0 fully saturated rings. The summed E-state index contributed by atoms with van der Waals surface area (Å²) in [5.41, 5.74) is 2.23. The van der Waals surface area contributed by atoms with Gasteiger partial charge in [-0.3, -0.25) is 0 Å². The van der Waals surface area contributed by atoms with Gasteiger partial charge in [0.05, 0.1) is 18.0 Å². The molecule has 3 rings (SSSR count). The van der Waals surface area contributed by atoms with Gasteiger partial charge in [-0.05, 0) is 12.1 Å². The molecule has 0 aliphatic heterocycles. The second kappa shape index (κ2) is 2.54. The van der Waals surface area contributed by atoms with Gasteiger partial charge in [0.15, 0.2) is 11.8 Å². The first-order chi connectivity index (χ1) is 6.84. The summed E-state index contributed by atoms with van der Waals surface area (Å²) < 4.78 is 4.06. The van der Waals surface area contributed by atoms with Crippen molar-refractivity contribution in [2.75, 3.05) is 0 Å². The van der Waals surface area contributed by atoms with E-state index in [9.17, 15) is 0 Å². The Bertz CT molecular complexity index is 610. The smallest absolute Gasteiger partial charge is 0.238 e. The van der Waals surface area contributed by atoms with Crippen LogP contribution in [0.5, 0.6) is 0 Å². The molecule has 3 nitrogen and oxygen atoms in total. The summed E-state index contributed by atoms with van der Waals surface area (Å²) in [5.74, 6) is 0. The minimum absolute atomic E-state index is 1.04.